The van der Waals surface area contributed by atoms with Gasteiger partial charge in [-0.3, -0.25) is 4.79 Å². The molecule has 6 rings (SSSR count). The Morgan fingerprint density at radius 2 is 1.86 bits per heavy atom. The first-order valence-electron chi connectivity index (χ1n) is 12.5. The zero-order valence-electron chi connectivity index (χ0n) is 20.6. The molecule has 11 nitrogen and oxygen atoms in total. The van der Waals surface area contributed by atoms with Gasteiger partial charge in [-0.15, -0.1) is 0 Å². The number of imidazole rings is 1. The molecular formula is C26H29N9O2. The van der Waals surface area contributed by atoms with Gasteiger partial charge in [-0.25, -0.2) is 15.0 Å². The van der Waals surface area contributed by atoms with Crippen LogP contribution in [0, 0.1) is 5.92 Å². The SMILES string of the molecule is CNC(=O)C1CCN(c2ccc(-c3nc(Nc4ccc(N5CCOCC5)cc4)nc4[nH]cnc34)cn2)C1. The Bertz CT molecular complexity index is 1380. The van der Waals surface area contributed by atoms with Crippen molar-refractivity contribution in [2.75, 3.05) is 61.6 Å². The molecule has 190 valence electrons. The number of carbonyl (C=O) groups excluding carboxylic acids is 1. The highest BCUT2D eigenvalue weighted by molar-refractivity contribution is 5.88. The average molecular weight is 500 g/mol. The molecule has 1 unspecified atom stereocenters. The van der Waals surface area contributed by atoms with E-state index in [1.54, 1.807) is 19.6 Å². The summed E-state index contributed by atoms with van der Waals surface area (Å²) >= 11 is 0. The molecule has 2 saturated heterocycles. The number of hydrogen-bond acceptors (Lipinski definition) is 9. The summed E-state index contributed by atoms with van der Waals surface area (Å²) in [5, 5.41) is 6.07. The van der Waals surface area contributed by atoms with Crippen LogP contribution in [0.1, 0.15) is 6.42 Å². The molecular weight excluding hydrogens is 470 g/mol. The smallest absolute Gasteiger partial charge is 0.229 e. The number of rotatable bonds is 6. The van der Waals surface area contributed by atoms with Crippen molar-refractivity contribution in [2.45, 2.75) is 6.42 Å². The largest absolute Gasteiger partial charge is 0.378 e. The number of amides is 1. The maximum absolute atomic E-state index is 12.0. The van der Waals surface area contributed by atoms with E-state index in [1.807, 2.05) is 24.3 Å². The topological polar surface area (TPSA) is 124 Å². The van der Waals surface area contributed by atoms with E-state index in [2.05, 4.69) is 52.5 Å². The molecule has 2 aliphatic heterocycles. The molecule has 37 heavy (non-hydrogen) atoms. The molecule has 4 aromatic rings. The molecule has 0 radical (unpaired) electrons. The van der Waals surface area contributed by atoms with Gasteiger partial charge in [-0.2, -0.15) is 4.98 Å². The highest BCUT2D eigenvalue weighted by Crippen LogP contribution is 2.29. The van der Waals surface area contributed by atoms with Crippen molar-refractivity contribution in [3.63, 3.8) is 0 Å². The normalized spacial score (nSPS) is 17.8. The number of fused-ring (bicyclic) bond motifs is 1. The van der Waals surface area contributed by atoms with Crippen molar-refractivity contribution in [3.05, 3.63) is 48.9 Å². The van der Waals surface area contributed by atoms with E-state index < -0.39 is 0 Å². The number of carbonyl (C=O) groups is 1. The number of nitrogens with zero attached hydrogens (tertiary/aromatic N) is 6. The third-order valence-electron chi connectivity index (χ3n) is 6.93. The number of aromatic nitrogens is 5. The molecule has 1 atom stereocenters. The lowest BCUT2D eigenvalue weighted by Gasteiger charge is -2.28. The first-order chi connectivity index (χ1) is 18.2. The van der Waals surface area contributed by atoms with E-state index >= 15 is 0 Å². The van der Waals surface area contributed by atoms with E-state index in [-0.39, 0.29) is 11.8 Å². The number of H-pyrrole nitrogens is 1. The monoisotopic (exact) mass is 499 g/mol. The fourth-order valence-electron chi connectivity index (χ4n) is 4.90. The van der Waals surface area contributed by atoms with Gasteiger partial charge < -0.3 is 30.2 Å². The summed E-state index contributed by atoms with van der Waals surface area (Å²) in [5.74, 6) is 1.40. The fraction of sp³-hybridized carbons (Fsp3) is 0.346. The van der Waals surface area contributed by atoms with Gasteiger partial charge in [-0.05, 0) is 42.8 Å². The summed E-state index contributed by atoms with van der Waals surface area (Å²) in [6.45, 7) is 4.78. The quantitative estimate of drug-likeness (QED) is 0.367. The van der Waals surface area contributed by atoms with Crippen molar-refractivity contribution in [2.24, 2.45) is 5.92 Å². The van der Waals surface area contributed by atoms with Crippen LogP contribution in [-0.4, -0.2) is 77.3 Å². The minimum Gasteiger partial charge on any atom is -0.378 e. The number of ether oxygens (including phenoxy) is 1. The molecule has 0 saturated carbocycles. The van der Waals surface area contributed by atoms with Crippen molar-refractivity contribution in [1.29, 1.82) is 0 Å². The number of anilines is 4. The molecule has 3 aromatic heterocycles. The number of aromatic amines is 1. The second kappa shape index (κ2) is 10.0. The Morgan fingerprint density at radius 1 is 1.03 bits per heavy atom. The van der Waals surface area contributed by atoms with Crippen LogP contribution >= 0.6 is 0 Å². The van der Waals surface area contributed by atoms with Crippen molar-refractivity contribution in [1.82, 2.24) is 30.2 Å². The fourth-order valence-corrected chi connectivity index (χ4v) is 4.90. The molecule has 5 heterocycles. The molecule has 11 heteroatoms. The van der Waals surface area contributed by atoms with E-state index in [0.29, 0.717) is 29.4 Å². The van der Waals surface area contributed by atoms with Crippen LogP contribution in [0.15, 0.2) is 48.9 Å². The van der Waals surface area contributed by atoms with Gasteiger partial charge in [0.25, 0.3) is 0 Å². The number of pyridine rings is 1. The van der Waals surface area contributed by atoms with Crippen molar-refractivity contribution >= 4 is 40.2 Å². The second-order valence-corrected chi connectivity index (χ2v) is 9.22. The lowest BCUT2D eigenvalue weighted by molar-refractivity contribution is -0.123. The van der Waals surface area contributed by atoms with E-state index in [1.165, 1.54) is 5.69 Å². The van der Waals surface area contributed by atoms with Gasteiger partial charge in [0.15, 0.2) is 5.65 Å². The summed E-state index contributed by atoms with van der Waals surface area (Å²) in [4.78, 5) is 38.1. The molecule has 1 aromatic carbocycles. The van der Waals surface area contributed by atoms with E-state index in [4.69, 9.17) is 9.72 Å². The van der Waals surface area contributed by atoms with Crippen molar-refractivity contribution in [3.8, 4) is 11.3 Å². The minimum absolute atomic E-state index is 0.00594. The lowest BCUT2D eigenvalue weighted by atomic mass is 10.1. The molecule has 0 bridgehead atoms. The van der Waals surface area contributed by atoms with Crippen LogP contribution in [0.5, 0.6) is 0 Å². The van der Waals surface area contributed by atoms with Crippen molar-refractivity contribution < 1.29 is 9.53 Å². The van der Waals surface area contributed by atoms with Crippen LogP contribution in [0.4, 0.5) is 23.1 Å². The Labute approximate surface area is 214 Å². The van der Waals surface area contributed by atoms with Crippen LogP contribution in [0.3, 0.4) is 0 Å². The molecule has 2 fully saturated rings. The third-order valence-corrected chi connectivity index (χ3v) is 6.93. The van der Waals surface area contributed by atoms with Gasteiger partial charge in [0, 0.05) is 56.4 Å². The summed E-state index contributed by atoms with van der Waals surface area (Å²) in [6, 6.07) is 12.2. The Kier molecular flexibility index (Phi) is 6.27. The molecule has 3 N–H and O–H groups in total. The van der Waals surface area contributed by atoms with Gasteiger partial charge in [0.1, 0.15) is 17.0 Å². The van der Waals surface area contributed by atoms with Crippen LogP contribution in [0.25, 0.3) is 22.4 Å². The maximum Gasteiger partial charge on any atom is 0.229 e. The molecule has 1 amide bonds. The number of hydrogen-bond donors (Lipinski definition) is 3. The number of morpholine rings is 1. The molecule has 0 spiro atoms. The van der Waals surface area contributed by atoms with E-state index in [0.717, 1.165) is 56.3 Å². The van der Waals surface area contributed by atoms with Gasteiger partial charge in [0.2, 0.25) is 11.9 Å². The summed E-state index contributed by atoms with van der Waals surface area (Å²) in [7, 11) is 1.68. The summed E-state index contributed by atoms with van der Waals surface area (Å²) in [6.07, 6.45) is 4.25. The first kappa shape index (κ1) is 23.2. The Morgan fingerprint density at radius 3 is 2.62 bits per heavy atom. The predicted octanol–water partition coefficient (Wildman–Crippen LogP) is 2.57. The van der Waals surface area contributed by atoms with Gasteiger partial charge >= 0.3 is 0 Å². The Hall–Kier alpha value is -4.25. The van der Waals surface area contributed by atoms with Gasteiger partial charge in [0.05, 0.1) is 25.5 Å². The highest BCUT2D eigenvalue weighted by Gasteiger charge is 2.28. The number of nitrogens with one attached hydrogen (secondary N) is 3. The van der Waals surface area contributed by atoms with Crippen LogP contribution in [0.2, 0.25) is 0 Å². The summed E-state index contributed by atoms with van der Waals surface area (Å²) in [5.41, 5.74) is 4.94. The zero-order chi connectivity index (χ0) is 25.2. The average Bonchev–Trinajstić information content (AvgIpc) is 3.64. The summed E-state index contributed by atoms with van der Waals surface area (Å²) < 4.78 is 5.45. The third kappa shape index (κ3) is 4.77. The van der Waals surface area contributed by atoms with Crippen LogP contribution in [-0.2, 0) is 9.53 Å². The molecule has 2 aliphatic rings. The maximum atomic E-state index is 12.0. The lowest BCUT2D eigenvalue weighted by Crippen LogP contribution is -2.36. The standard InChI is InChI=1S/C26H29N9O2/c1-27-25(36)18-8-9-35(15-18)21-7-2-17(14-28-21)22-23-24(30-16-29-23)33-26(32-22)31-19-3-5-20(6-4-19)34-10-12-37-13-11-34/h2-7,14,16,18H,8-13,15H2,1H3,(H,27,36)(H2,29,30,31,32,33). The highest BCUT2D eigenvalue weighted by atomic mass is 16.5. The van der Waals surface area contributed by atoms with Gasteiger partial charge in [-0.1, -0.05) is 0 Å². The Balaban J connectivity index is 1.22. The number of benzene rings is 1. The first-order valence-corrected chi connectivity index (χ1v) is 12.5. The molecule has 0 aliphatic carbocycles. The van der Waals surface area contributed by atoms with Crippen LogP contribution < -0.4 is 20.4 Å². The minimum atomic E-state index is -0.00594. The van der Waals surface area contributed by atoms with E-state index in [9.17, 15) is 4.79 Å². The predicted molar refractivity (Wildman–Crippen MR) is 142 cm³/mol. The zero-order valence-corrected chi connectivity index (χ0v) is 20.6. The second-order valence-electron chi connectivity index (χ2n) is 9.22.